The molecule has 2 aromatic rings. The molecule has 3 rings (SSSR count). The van der Waals surface area contributed by atoms with Crippen molar-refractivity contribution in [3.05, 3.63) is 41.0 Å². The lowest BCUT2D eigenvalue weighted by atomic mass is 10.1. The molecule has 144 valence electrons. The molecule has 1 aromatic heterocycles. The quantitative estimate of drug-likeness (QED) is 0.440. The molecule has 4 N–H and O–H groups in total. The molecule has 7 heteroatoms. The molecule has 0 radical (unpaired) electrons. The Bertz CT molecular complexity index is 775. The first-order valence-electron chi connectivity index (χ1n) is 9.54. The third-order valence-corrected chi connectivity index (χ3v) is 4.63. The Morgan fingerprint density at radius 1 is 1.30 bits per heavy atom. The first-order chi connectivity index (χ1) is 13.2. The van der Waals surface area contributed by atoms with Gasteiger partial charge in [0.2, 0.25) is 0 Å². The molecule has 0 atom stereocenters. The van der Waals surface area contributed by atoms with Crippen LogP contribution in [0.15, 0.2) is 24.3 Å². The third-order valence-electron chi connectivity index (χ3n) is 4.63. The Morgan fingerprint density at radius 3 is 2.81 bits per heavy atom. The summed E-state index contributed by atoms with van der Waals surface area (Å²) in [5.74, 6) is 0.776. The van der Waals surface area contributed by atoms with Crippen LogP contribution in [-0.2, 0) is 13.1 Å². The van der Waals surface area contributed by atoms with E-state index in [1.54, 1.807) is 0 Å². The molecule has 1 fully saturated rings. The van der Waals surface area contributed by atoms with Gasteiger partial charge in [-0.05, 0) is 37.1 Å². The van der Waals surface area contributed by atoms with Gasteiger partial charge in [0.25, 0.3) is 0 Å². The summed E-state index contributed by atoms with van der Waals surface area (Å²) >= 11 is 0. The highest BCUT2D eigenvalue weighted by Gasteiger charge is 2.14. The van der Waals surface area contributed by atoms with E-state index in [1.165, 1.54) is 31.3 Å². The van der Waals surface area contributed by atoms with Crippen molar-refractivity contribution in [3.63, 3.8) is 0 Å². The summed E-state index contributed by atoms with van der Waals surface area (Å²) in [5, 5.41) is 10.9. The Labute approximate surface area is 160 Å². The van der Waals surface area contributed by atoms with Crippen LogP contribution in [0.5, 0.6) is 6.01 Å². The SMILES string of the molecule is CCCCOc1nc(N)c(C=N)c(NCc2cccc(CN3CCC3)c2)n1. The van der Waals surface area contributed by atoms with Crippen LogP contribution < -0.4 is 15.8 Å². The second kappa shape index (κ2) is 9.32. The second-order valence-corrected chi connectivity index (χ2v) is 6.80. The van der Waals surface area contributed by atoms with Crippen molar-refractivity contribution in [3.8, 4) is 6.01 Å². The minimum atomic E-state index is 0.250. The van der Waals surface area contributed by atoms with E-state index in [0.29, 0.717) is 24.5 Å². The zero-order valence-corrected chi connectivity index (χ0v) is 15.9. The lowest BCUT2D eigenvalue weighted by Crippen LogP contribution is -2.36. The number of nitrogen functional groups attached to an aromatic ring is 1. The first kappa shape index (κ1) is 19.1. The van der Waals surface area contributed by atoms with Crippen molar-refractivity contribution in [2.45, 2.75) is 39.3 Å². The second-order valence-electron chi connectivity index (χ2n) is 6.80. The highest BCUT2D eigenvalue weighted by molar-refractivity contribution is 5.90. The number of aromatic nitrogens is 2. The fourth-order valence-electron chi connectivity index (χ4n) is 2.94. The van der Waals surface area contributed by atoms with E-state index < -0.39 is 0 Å². The van der Waals surface area contributed by atoms with Crippen LogP contribution in [0.4, 0.5) is 11.6 Å². The van der Waals surface area contributed by atoms with Crippen LogP contribution in [-0.4, -0.2) is 40.8 Å². The zero-order chi connectivity index (χ0) is 19.1. The average molecular weight is 368 g/mol. The minimum Gasteiger partial charge on any atom is -0.463 e. The van der Waals surface area contributed by atoms with Crippen LogP contribution in [0.25, 0.3) is 0 Å². The zero-order valence-electron chi connectivity index (χ0n) is 15.9. The van der Waals surface area contributed by atoms with Gasteiger partial charge in [0.05, 0.1) is 12.2 Å². The van der Waals surface area contributed by atoms with Gasteiger partial charge in [-0.3, -0.25) is 4.90 Å². The van der Waals surface area contributed by atoms with E-state index >= 15 is 0 Å². The van der Waals surface area contributed by atoms with Gasteiger partial charge in [0.15, 0.2) is 0 Å². The Balaban J connectivity index is 1.68. The summed E-state index contributed by atoms with van der Waals surface area (Å²) in [6.45, 7) is 6.62. The van der Waals surface area contributed by atoms with Crippen LogP contribution in [0.1, 0.15) is 42.9 Å². The molecule has 1 aliphatic heterocycles. The number of unbranched alkanes of at least 4 members (excludes halogenated alkanes) is 1. The van der Waals surface area contributed by atoms with Crippen molar-refractivity contribution in [1.29, 1.82) is 5.41 Å². The Morgan fingerprint density at radius 2 is 2.11 bits per heavy atom. The number of hydrogen-bond acceptors (Lipinski definition) is 7. The van der Waals surface area contributed by atoms with Crippen LogP contribution in [0.2, 0.25) is 0 Å². The van der Waals surface area contributed by atoms with Gasteiger partial charge in [0, 0.05) is 19.3 Å². The maximum absolute atomic E-state index is 7.61. The molecule has 1 aromatic carbocycles. The molecule has 1 aliphatic rings. The lowest BCUT2D eigenvalue weighted by molar-refractivity contribution is 0.172. The maximum Gasteiger partial charge on any atom is 0.320 e. The van der Waals surface area contributed by atoms with Crippen LogP contribution in [0, 0.1) is 5.41 Å². The fraction of sp³-hybridized carbons (Fsp3) is 0.450. The number of anilines is 2. The maximum atomic E-state index is 7.61. The molecule has 27 heavy (non-hydrogen) atoms. The van der Waals surface area contributed by atoms with Gasteiger partial charge >= 0.3 is 6.01 Å². The Hall–Kier alpha value is -2.67. The van der Waals surface area contributed by atoms with Gasteiger partial charge in [-0.1, -0.05) is 37.6 Å². The smallest absolute Gasteiger partial charge is 0.320 e. The van der Waals surface area contributed by atoms with E-state index in [4.69, 9.17) is 15.9 Å². The van der Waals surface area contributed by atoms with E-state index in [2.05, 4.69) is 51.4 Å². The van der Waals surface area contributed by atoms with Gasteiger partial charge in [0.1, 0.15) is 11.6 Å². The first-order valence-corrected chi connectivity index (χ1v) is 9.54. The molecular formula is C20H28N6O. The summed E-state index contributed by atoms with van der Waals surface area (Å²) in [7, 11) is 0. The van der Waals surface area contributed by atoms with Crippen molar-refractivity contribution in [2.24, 2.45) is 0 Å². The molecule has 1 saturated heterocycles. The van der Waals surface area contributed by atoms with Gasteiger partial charge in [-0.2, -0.15) is 9.97 Å². The normalized spacial score (nSPS) is 13.8. The Kier molecular flexibility index (Phi) is 6.59. The van der Waals surface area contributed by atoms with E-state index in [1.807, 2.05) is 0 Å². The number of nitrogens with two attached hydrogens (primary N) is 1. The van der Waals surface area contributed by atoms with Gasteiger partial charge in [-0.15, -0.1) is 0 Å². The standard InChI is InChI=1S/C20H28N6O/c1-2-3-10-27-20-24-18(22)17(12-21)19(25-20)23-13-15-6-4-7-16(11-15)14-26-8-5-9-26/h4,6-7,11-12,21H,2-3,5,8-10,13-14H2,1H3,(H3,22,23,24,25). The molecule has 7 nitrogen and oxygen atoms in total. The summed E-state index contributed by atoms with van der Waals surface area (Å²) in [5.41, 5.74) is 8.93. The molecule has 0 unspecified atom stereocenters. The number of benzene rings is 1. The number of hydrogen-bond donors (Lipinski definition) is 3. The van der Waals surface area contributed by atoms with E-state index in [0.717, 1.165) is 24.9 Å². The number of nitrogens with zero attached hydrogens (tertiary/aromatic N) is 3. The summed E-state index contributed by atoms with van der Waals surface area (Å²) in [6.07, 6.45) is 4.44. The fourth-order valence-corrected chi connectivity index (χ4v) is 2.94. The molecule has 2 heterocycles. The number of nitrogens with one attached hydrogen (secondary N) is 2. The van der Waals surface area contributed by atoms with Crippen LogP contribution >= 0.6 is 0 Å². The summed E-state index contributed by atoms with van der Waals surface area (Å²) in [4.78, 5) is 11.0. The number of ether oxygens (including phenoxy) is 1. The molecule has 0 amide bonds. The van der Waals surface area contributed by atoms with Crippen molar-refractivity contribution in [1.82, 2.24) is 14.9 Å². The number of likely N-dealkylation sites (tertiary alicyclic amines) is 1. The molecule has 0 aliphatic carbocycles. The summed E-state index contributed by atoms with van der Waals surface area (Å²) < 4.78 is 5.58. The van der Waals surface area contributed by atoms with E-state index in [-0.39, 0.29) is 11.8 Å². The molecule has 0 bridgehead atoms. The van der Waals surface area contributed by atoms with Crippen molar-refractivity contribution >= 4 is 17.9 Å². The van der Waals surface area contributed by atoms with Crippen molar-refractivity contribution in [2.75, 3.05) is 30.7 Å². The average Bonchev–Trinajstić information content (AvgIpc) is 2.63. The van der Waals surface area contributed by atoms with E-state index in [9.17, 15) is 0 Å². The molecule has 0 spiro atoms. The third kappa shape index (κ3) is 5.17. The minimum absolute atomic E-state index is 0.250. The predicted octanol–water partition coefficient (Wildman–Crippen LogP) is 3.05. The highest BCUT2D eigenvalue weighted by Crippen LogP contribution is 2.21. The topological polar surface area (TPSA) is 100 Å². The predicted molar refractivity (Wildman–Crippen MR) is 108 cm³/mol. The monoisotopic (exact) mass is 368 g/mol. The van der Waals surface area contributed by atoms with Crippen LogP contribution in [0.3, 0.4) is 0 Å². The van der Waals surface area contributed by atoms with Gasteiger partial charge < -0.3 is 21.2 Å². The lowest BCUT2D eigenvalue weighted by Gasteiger charge is -2.30. The number of rotatable bonds is 10. The van der Waals surface area contributed by atoms with Crippen molar-refractivity contribution < 1.29 is 4.74 Å². The summed E-state index contributed by atoms with van der Waals surface area (Å²) in [6, 6.07) is 8.78. The molecular weight excluding hydrogens is 340 g/mol. The molecule has 0 saturated carbocycles. The van der Waals surface area contributed by atoms with Gasteiger partial charge in [-0.25, -0.2) is 0 Å². The largest absolute Gasteiger partial charge is 0.463 e. The highest BCUT2D eigenvalue weighted by atomic mass is 16.5.